The quantitative estimate of drug-likeness (QED) is 0.800. The minimum Gasteiger partial charge on any atom is -0.497 e. The molecule has 2 rings (SSSR count). The smallest absolute Gasteiger partial charge is 0.141 e. The fraction of sp³-hybridized carbons (Fsp3) is 0.0714. The molecule has 20 heavy (non-hydrogen) atoms. The van der Waals surface area contributed by atoms with Crippen LogP contribution in [0.1, 0.15) is 5.56 Å². The fourth-order valence-corrected chi connectivity index (χ4v) is 2.36. The summed E-state index contributed by atoms with van der Waals surface area (Å²) in [5, 5.41) is 0.546. The van der Waals surface area contributed by atoms with Crippen LogP contribution in [0.2, 0.25) is 5.02 Å². The van der Waals surface area contributed by atoms with Crippen LogP contribution in [0.4, 0.5) is 0 Å². The lowest BCUT2D eigenvalue weighted by Crippen LogP contribution is -2.10. The maximum absolute atomic E-state index is 5.98. The molecule has 2 aromatic rings. The molecule has 0 atom stereocenters. The van der Waals surface area contributed by atoms with Gasteiger partial charge in [-0.3, -0.25) is 0 Å². The first-order chi connectivity index (χ1) is 9.51. The molecule has 0 spiro atoms. The zero-order valence-electron chi connectivity index (χ0n) is 10.5. The normalized spacial score (nSPS) is 10.2. The van der Waals surface area contributed by atoms with Crippen LogP contribution in [0.15, 0.2) is 40.9 Å². The predicted octanol–water partition coefficient (Wildman–Crippen LogP) is 4.54. The lowest BCUT2D eigenvalue weighted by atomic mass is 10.2. The first-order valence-corrected chi connectivity index (χ1v) is 7.20. The summed E-state index contributed by atoms with van der Waals surface area (Å²) in [7, 11) is 1.60. The molecule has 0 radical (unpaired) electrons. The van der Waals surface area contributed by atoms with E-state index in [1.54, 1.807) is 43.5 Å². The fourth-order valence-electron chi connectivity index (χ4n) is 1.59. The van der Waals surface area contributed by atoms with E-state index in [0.717, 1.165) is 10.2 Å². The number of ether oxygens (including phenoxy) is 2. The predicted molar refractivity (Wildman–Crippen MR) is 88.1 cm³/mol. The topological polar surface area (TPSA) is 44.5 Å². The molecule has 2 aromatic carbocycles. The van der Waals surface area contributed by atoms with Crippen LogP contribution in [0.25, 0.3) is 0 Å². The number of benzene rings is 2. The second-order valence-corrected chi connectivity index (χ2v) is 5.63. The summed E-state index contributed by atoms with van der Waals surface area (Å²) >= 11 is 14.4. The van der Waals surface area contributed by atoms with Gasteiger partial charge in [0.05, 0.1) is 17.1 Å². The van der Waals surface area contributed by atoms with Crippen LogP contribution in [-0.2, 0) is 0 Å². The van der Waals surface area contributed by atoms with Gasteiger partial charge in [0, 0.05) is 11.1 Å². The molecule has 0 heterocycles. The molecular formula is C14H11BrClNO2S. The first-order valence-electron chi connectivity index (χ1n) is 5.62. The number of methoxy groups -OCH3 is 1. The van der Waals surface area contributed by atoms with Crippen LogP contribution in [-0.4, -0.2) is 12.1 Å². The van der Waals surface area contributed by atoms with Crippen molar-refractivity contribution in [1.82, 2.24) is 0 Å². The molecule has 0 saturated carbocycles. The summed E-state index contributed by atoms with van der Waals surface area (Å²) in [4.78, 5) is 0.251. The van der Waals surface area contributed by atoms with E-state index in [9.17, 15) is 0 Å². The molecule has 0 aliphatic rings. The van der Waals surface area contributed by atoms with Crippen molar-refractivity contribution in [3.63, 3.8) is 0 Å². The van der Waals surface area contributed by atoms with E-state index in [4.69, 9.17) is 39.0 Å². The van der Waals surface area contributed by atoms with Gasteiger partial charge >= 0.3 is 0 Å². The van der Waals surface area contributed by atoms with E-state index in [1.165, 1.54) is 0 Å². The Balaban J connectivity index is 2.39. The third kappa shape index (κ3) is 3.42. The number of thiocarbonyl (C=S) groups is 1. The van der Waals surface area contributed by atoms with Gasteiger partial charge in [-0.25, -0.2) is 0 Å². The van der Waals surface area contributed by atoms with Crippen molar-refractivity contribution >= 4 is 44.7 Å². The number of rotatable bonds is 4. The Bertz CT molecular complexity index is 664. The minimum absolute atomic E-state index is 0.251. The van der Waals surface area contributed by atoms with E-state index in [-0.39, 0.29) is 4.99 Å². The zero-order valence-corrected chi connectivity index (χ0v) is 13.7. The molecule has 0 saturated heterocycles. The van der Waals surface area contributed by atoms with Crippen molar-refractivity contribution in [2.75, 3.05) is 7.11 Å². The van der Waals surface area contributed by atoms with Gasteiger partial charge in [-0.2, -0.15) is 0 Å². The third-order valence-electron chi connectivity index (χ3n) is 2.57. The average Bonchev–Trinajstić information content (AvgIpc) is 2.40. The lowest BCUT2D eigenvalue weighted by molar-refractivity contribution is 0.412. The average molecular weight is 373 g/mol. The Hall–Kier alpha value is -1.30. The third-order valence-corrected chi connectivity index (χ3v) is 3.64. The van der Waals surface area contributed by atoms with Crippen molar-refractivity contribution in [3.8, 4) is 17.2 Å². The second kappa shape index (κ2) is 6.43. The highest BCUT2D eigenvalue weighted by atomic mass is 79.9. The van der Waals surface area contributed by atoms with Crippen LogP contribution in [0.5, 0.6) is 17.2 Å². The van der Waals surface area contributed by atoms with Gasteiger partial charge in [0.15, 0.2) is 0 Å². The molecule has 0 amide bonds. The van der Waals surface area contributed by atoms with Gasteiger partial charge < -0.3 is 15.2 Å². The zero-order chi connectivity index (χ0) is 14.7. The molecule has 0 aliphatic carbocycles. The lowest BCUT2D eigenvalue weighted by Gasteiger charge is -2.12. The van der Waals surface area contributed by atoms with E-state index in [0.29, 0.717) is 22.1 Å². The van der Waals surface area contributed by atoms with Crippen molar-refractivity contribution in [2.45, 2.75) is 0 Å². The Labute approximate surface area is 135 Å². The number of nitrogens with two attached hydrogens (primary N) is 1. The molecule has 2 N–H and O–H groups in total. The molecule has 0 unspecified atom stereocenters. The van der Waals surface area contributed by atoms with Crippen molar-refractivity contribution in [3.05, 3.63) is 51.5 Å². The summed E-state index contributed by atoms with van der Waals surface area (Å²) in [6, 6.07) is 10.5. The van der Waals surface area contributed by atoms with Gasteiger partial charge in [0.25, 0.3) is 0 Å². The summed E-state index contributed by atoms with van der Waals surface area (Å²) in [6.07, 6.45) is 0. The maximum atomic E-state index is 5.98. The van der Waals surface area contributed by atoms with Gasteiger partial charge in [-0.1, -0.05) is 23.8 Å². The van der Waals surface area contributed by atoms with Crippen LogP contribution in [0, 0.1) is 0 Å². The molecule has 3 nitrogen and oxygen atoms in total. The standard InChI is InChI=1S/C14H11BrClNO2S/c1-18-9-3-5-12(11(15)7-9)19-13-6-8(16)2-4-10(13)14(17)20/h2-7H,1H3,(H2,17,20). The Morgan fingerprint density at radius 3 is 2.55 bits per heavy atom. The molecule has 0 aliphatic heterocycles. The van der Waals surface area contributed by atoms with Crippen molar-refractivity contribution < 1.29 is 9.47 Å². The highest BCUT2D eigenvalue weighted by molar-refractivity contribution is 9.10. The van der Waals surface area contributed by atoms with Crippen LogP contribution < -0.4 is 15.2 Å². The van der Waals surface area contributed by atoms with E-state index >= 15 is 0 Å². The highest BCUT2D eigenvalue weighted by Crippen LogP contribution is 2.35. The van der Waals surface area contributed by atoms with Crippen molar-refractivity contribution in [1.29, 1.82) is 0 Å². The number of hydrogen-bond donors (Lipinski definition) is 1. The first kappa shape index (κ1) is 15.1. The van der Waals surface area contributed by atoms with E-state index < -0.39 is 0 Å². The van der Waals surface area contributed by atoms with Gasteiger partial charge in [0.2, 0.25) is 0 Å². The second-order valence-electron chi connectivity index (χ2n) is 3.90. The number of halogens is 2. The summed E-state index contributed by atoms with van der Waals surface area (Å²) in [5.74, 6) is 1.85. The maximum Gasteiger partial charge on any atom is 0.141 e. The number of hydrogen-bond acceptors (Lipinski definition) is 3. The summed E-state index contributed by atoms with van der Waals surface area (Å²) < 4.78 is 11.7. The molecule has 104 valence electrons. The van der Waals surface area contributed by atoms with Gasteiger partial charge in [0.1, 0.15) is 22.2 Å². The summed E-state index contributed by atoms with van der Waals surface area (Å²) in [6.45, 7) is 0. The molecular weight excluding hydrogens is 362 g/mol. The monoisotopic (exact) mass is 371 g/mol. The summed E-state index contributed by atoms with van der Waals surface area (Å²) in [5.41, 5.74) is 6.31. The molecule has 0 fully saturated rings. The molecule has 0 aromatic heterocycles. The minimum atomic E-state index is 0.251. The molecule has 6 heteroatoms. The highest BCUT2D eigenvalue weighted by Gasteiger charge is 2.11. The van der Waals surface area contributed by atoms with E-state index in [2.05, 4.69) is 15.9 Å². The van der Waals surface area contributed by atoms with E-state index in [1.807, 2.05) is 0 Å². The largest absolute Gasteiger partial charge is 0.497 e. The Morgan fingerprint density at radius 1 is 1.20 bits per heavy atom. The SMILES string of the molecule is COc1ccc(Oc2cc(Cl)ccc2C(N)=S)c(Br)c1. The van der Waals surface area contributed by atoms with Crippen LogP contribution >= 0.6 is 39.7 Å². The van der Waals surface area contributed by atoms with Gasteiger partial charge in [-0.15, -0.1) is 0 Å². The van der Waals surface area contributed by atoms with Crippen molar-refractivity contribution in [2.24, 2.45) is 5.73 Å². The van der Waals surface area contributed by atoms with Gasteiger partial charge in [-0.05, 0) is 46.3 Å². The molecule has 0 bridgehead atoms. The Morgan fingerprint density at radius 2 is 1.95 bits per heavy atom. The van der Waals surface area contributed by atoms with Crippen LogP contribution in [0.3, 0.4) is 0 Å². The Kier molecular flexibility index (Phi) is 4.86.